The lowest BCUT2D eigenvalue weighted by molar-refractivity contribution is 0.0811. The highest BCUT2D eigenvalue weighted by atomic mass is 16.5. The van der Waals surface area contributed by atoms with Gasteiger partial charge in [0.2, 0.25) is 0 Å². The second-order valence-corrected chi connectivity index (χ2v) is 4.22. The van der Waals surface area contributed by atoms with Crippen LogP contribution in [0.3, 0.4) is 0 Å². The van der Waals surface area contributed by atoms with Gasteiger partial charge in [-0.15, -0.1) is 0 Å². The fourth-order valence-corrected chi connectivity index (χ4v) is 2.02. The number of hydrogen-bond donors (Lipinski definition) is 1. The van der Waals surface area contributed by atoms with Crippen LogP contribution in [0.4, 0.5) is 0 Å². The van der Waals surface area contributed by atoms with Crippen LogP contribution in [0.2, 0.25) is 0 Å². The Labute approximate surface area is 90.0 Å². The van der Waals surface area contributed by atoms with Gasteiger partial charge < -0.3 is 14.3 Å². The van der Waals surface area contributed by atoms with Gasteiger partial charge in [-0.2, -0.15) is 0 Å². The number of aliphatic hydroxyl groups excluding tert-OH is 1. The summed E-state index contributed by atoms with van der Waals surface area (Å²) in [5.41, 5.74) is 0.880. The fraction of sp³-hybridized carbons (Fsp3) is 0.667. The summed E-state index contributed by atoms with van der Waals surface area (Å²) >= 11 is 0. The highest BCUT2D eigenvalue weighted by Crippen LogP contribution is 2.24. The number of rotatable bonds is 4. The van der Waals surface area contributed by atoms with Crippen LogP contribution in [0.1, 0.15) is 43.1 Å². The van der Waals surface area contributed by atoms with E-state index in [-0.39, 0.29) is 0 Å². The number of aliphatic hydroxyl groups is 1. The molecule has 1 N–H and O–H groups in total. The van der Waals surface area contributed by atoms with E-state index in [1.165, 1.54) is 0 Å². The van der Waals surface area contributed by atoms with Crippen molar-refractivity contribution in [3.8, 4) is 0 Å². The molecule has 1 aliphatic heterocycles. The van der Waals surface area contributed by atoms with Gasteiger partial charge in [-0.25, -0.2) is 0 Å². The Balaban J connectivity index is 1.79. The molecule has 1 fully saturated rings. The molecule has 2 atom stereocenters. The molecule has 1 aromatic rings. The average Bonchev–Trinajstić information content (AvgIpc) is 2.84. The maximum absolute atomic E-state index is 9.88. The van der Waals surface area contributed by atoms with Gasteiger partial charge >= 0.3 is 0 Å². The fourth-order valence-electron chi connectivity index (χ4n) is 2.02. The maximum atomic E-state index is 9.88. The van der Waals surface area contributed by atoms with Crippen molar-refractivity contribution in [3.05, 3.63) is 23.7 Å². The highest BCUT2D eigenvalue weighted by molar-refractivity contribution is 5.14. The summed E-state index contributed by atoms with van der Waals surface area (Å²) in [5.74, 6) is 0.848. The Morgan fingerprint density at radius 2 is 2.47 bits per heavy atom. The third-order valence-electron chi connectivity index (χ3n) is 2.92. The second-order valence-electron chi connectivity index (χ2n) is 4.22. The van der Waals surface area contributed by atoms with Crippen molar-refractivity contribution in [3.63, 3.8) is 0 Å². The Morgan fingerprint density at radius 3 is 3.07 bits per heavy atom. The van der Waals surface area contributed by atoms with E-state index in [0.717, 1.165) is 43.6 Å². The van der Waals surface area contributed by atoms with Crippen LogP contribution in [0.25, 0.3) is 0 Å². The zero-order valence-electron chi connectivity index (χ0n) is 9.11. The predicted octanol–water partition coefficient (Wildman–Crippen LogP) is 2.58. The lowest BCUT2D eigenvalue weighted by atomic mass is 10.0. The van der Waals surface area contributed by atoms with Crippen LogP contribution >= 0.6 is 0 Å². The first kappa shape index (κ1) is 10.7. The number of furan rings is 1. The molecule has 84 valence electrons. The summed E-state index contributed by atoms with van der Waals surface area (Å²) in [5, 5.41) is 9.88. The van der Waals surface area contributed by atoms with Crippen molar-refractivity contribution in [1.82, 2.24) is 0 Å². The van der Waals surface area contributed by atoms with Crippen LogP contribution in [-0.4, -0.2) is 17.8 Å². The number of aryl methyl sites for hydroxylation is 1. The smallest absolute Gasteiger partial charge is 0.101 e. The molecule has 0 amide bonds. The van der Waals surface area contributed by atoms with Gasteiger partial charge in [-0.05, 0) is 38.7 Å². The first-order valence-corrected chi connectivity index (χ1v) is 5.60. The molecule has 0 aromatic carbocycles. The third-order valence-corrected chi connectivity index (χ3v) is 2.92. The standard InChI is InChI=1S/C12H18O3/c1-9-7-10(8-15-9)12(13)5-4-11-3-2-6-14-11/h7-8,11-13H,2-6H2,1H3. The van der Waals surface area contributed by atoms with Gasteiger partial charge in [0.15, 0.2) is 0 Å². The Kier molecular flexibility index (Phi) is 3.44. The quantitative estimate of drug-likeness (QED) is 0.830. The van der Waals surface area contributed by atoms with E-state index in [1.807, 2.05) is 13.0 Å². The lowest BCUT2D eigenvalue weighted by Crippen LogP contribution is -2.07. The molecular formula is C12H18O3. The van der Waals surface area contributed by atoms with E-state index >= 15 is 0 Å². The van der Waals surface area contributed by atoms with E-state index in [1.54, 1.807) is 6.26 Å². The second kappa shape index (κ2) is 4.81. The summed E-state index contributed by atoms with van der Waals surface area (Å²) < 4.78 is 10.7. The first-order valence-electron chi connectivity index (χ1n) is 5.60. The Morgan fingerprint density at radius 1 is 1.60 bits per heavy atom. The molecule has 0 aliphatic carbocycles. The summed E-state index contributed by atoms with van der Waals surface area (Å²) in [6.45, 7) is 2.77. The molecule has 2 rings (SSSR count). The summed E-state index contributed by atoms with van der Waals surface area (Å²) in [4.78, 5) is 0. The van der Waals surface area contributed by atoms with Crippen molar-refractivity contribution in [2.45, 2.75) is 44.8 Å². The van der Waals surface area contributed by atoms with Gasteiger partial charge in [-0.1, -0.05) is 0 Å². The maximum Gasteiger partial charge on any atom is 0.101 e. The van der Waals surface area contributed by atoms with Crippen LogP contribution in [0, 0.1) is 6.92 Å². The van der Waals surface area contributed by atoms with E-state index in [2.05, 4.69) is 0 Å². The molecule has 2 heterocycles. The van der Waals surface area contributed by atoms with Crippen LogP contribution < -0.4 is 0 Å². The minimum Gasteiger partial charge on any atom is -0.469 e. The predicted molar refractivity (Wildman–Crippen MR) is 56.6 cm³/mol. The van der Waals surface area contributed by atoms with E-state index < -0.39 is 6.10 Å². The molecule has 1 saturated heterocycles. The van der Waals surface area contributed by atoms with Crippen molar-refractivity contribution in [1.29, 1.82) is 0 Å². The largest absolute Gasteiger partial charge is 0.469 e. The number of hydrogen-bond acceptors (Lipinski definition) is 3. The van der Waals surface area contributed by atoms with Gasteiger partial charge in [0.1, 0.15) is 5.76 Å². The van der Waals surface area contributed by atoms with Gasteiger partial charge in [0, 0.05) is 12.2 Å². The van der Waals surface area contributed by atoms with Gasteiger partial charge in [0.05, 0.1) is 18.5 Å². The van der Waals surface area contributed by atoms with Crippen molar-refractivity contribution in [2.24, 2.45) is 0 Å². The third kappa shape index (κ3) is 2.83. The molecule has 0 spiro atoms. The molecule has 1 aromatic heterocycles. The van der Waals surface area contributed by atoms with Crippen LogP contribution in [0.15, 0.2) is 16.7 Å². The summed E-state index contributed by atoms with van der Waals surface area (Å²) in [6.07, 6.45) is 5.56. The monoisotopic (exact) mass is 210 g/mol. The van der Waals surface area contributed by atoms with Crippen molar-refractivity contribution < 1.29 is 14.3 Å². The van der Waals surface area contributed by atoms with Crippen LogP contribution in [0.5, 0.6) is 0 Å². The molecule has 0 radical (unpaired) electrons. The van der Waals surface area contributed by atoms with E-state index in [4.69, 9.17) is 9.15 Å². The van der Waals surface area contributed by atoms with E-state index in [0.29, 0.717) is 6.10 Å². The number of ether oxygens (including phenoxy) is 1. The molecule has 0 bridgehead atoms. The lowest BCUT2D eigenvalue weighted by Gasteiger charge is -2.12. The zero-order valence-corrected chi connectivity index (χ0v) is 9.11. The molecule has 3 nitrogen and oxygen atoms in total. The molecule has 0 saturated carbocycles. The van der Waals surface area contributed by atoms with Gasteiger partial charge in [-0.3, -0.25) is 0 Å². The molecule has 3 heteroatoms. The van der Waals surface area contributed by atoms with Crippen LogP contribution in [-0.2, 0) is 4.74 Å². The highest BCUT2D eigenvalue weighted by Gasteiger charge is 2.18. The van der Waals surface area contributed by atoms with Crippen molar-refractivity contribution in [2.75, 3.05) is 6.61 Å². The minimum atomic E-state index is -0.411. The molecular weight excluding hydrogens is 192 g/mol. The van der Waals surface area contributed by atoms with E-state index in [9.17, 15) is 5.11 Å². The molecule has 15 heavy (non-hydrogen) atoms. The zero-order chi connectivity index (χ0) is 10.7. The summed E-state index contributed by atoms with van der Waals surface area (Å²) in [6, 6.07) is 1.89. The average molecular weight is 210 g/mol. The first-order chi connectivity index (χ1) is 7.25. The topological polar surface area (TPSA) is 42.6 Å². The van der Waals surface area contributed by atoms with Gasteiger partial charge in [0.25, 0.3) is 0 Å². The van der Waals surface area contributed by atoms with Crippen molar-refractivity contribution >= 4 is 0 Å². The molecule has 2 unspecified atom stereocenters. The Bertz CT molecular complexity index is 300. The summed E-state index contributed by atoms with van der Waals surface area (Å²) in [7, 11) is 0. The SMILES string of the molecule is Cc1cc(C(O)CCC2CCCO2)co1. The Hall–Kier alpha value is -0.800. The normalized spacial score (nSPS) is 23.2. The minimum absolute atomic E-state index is 0.354. The molecule has 1 aliphatic rings.